The molecule has 0 aliphatic carbocycles. The van der Waals surface area contributed by atoms with Crippen molar-refractivity contribution in [2.75, 3.05) is 24.3 Å². The molecule has 1 heterocycles. The number of ether oxygens (including phenoxy) is 1. The van der Waals surface area contributed by atoms with E-state index in [1.54, 1.807) is 24.3 Å². The number of carbonyl (C=O) groups is 3. The molecule has 10 heteroatoms. The number of carbonyl (C=O) groups excluding carboxylic acids is 3. The van der Waals surface area contributed by atoms with Gasteiger partial charge in [-0.2, -0.15) is 4.37 Å². The molecule has 0 aliphatic heterocycles. The lowest BCUT2D eigenvalue weighted by atomic mass is 10.0. The molecular formula is C26H31N5O4S. The van der Waals surface area contributed by atoms with Crippen LogP contribution in [0.5, 0.6) is 5.75 Å². The molecule has 0 aliphatic rings. The molecule has 1 atom stereocenters. The van der Waals surface area contributed by atoms with Crippen LogP contribution in [0, 0.1) is 12.8 Å². The Morgan fingerprint density at radius 3 is 2.42 bits per heavy atom. The van der Waals surface area contributed by atoms with Gasteiger partial charge in [-0.05, 0) is 48.5 Å². The van der Waals surface area contributed by atoms with E-state index in [0.29, 0.717) is 29.5 Å². The van der Waals surface area contributed by atoms with Crippen molar-refractivity contribution in [3.05, 3.63) is 70.2 Å². The molecule has 1 unspecified atom stereocenters. The summed E-state index contributed by atoms with van der Waals surface area (Å²) in [5.74, 6) is -0.881. The molecule has 3 rings (SSSR count). The van der Waals surface area contributed by atoms with Gasteiger partial charge in [-0.25, -0.2) is 0 Å². The lowest BCUT2D eigenvalue weighted by molar-refractivity contribution is -0.122. The molecule has 0 saturated carbocycles. The van der Waals surface area contributed by atoms with Gasteiger partial charge in [-0.15, -0.1) is 0 Å². The average molecular weight is 510 g/mol. The molecule has 3 aromatic rings. The second-order valence-corrected chi connectivity index (χ2v) is 9.58. The van der Waals surface area contributed by atoms with Crippen LogP contribution >= 0.6 is 11.5 Å². The lowest BCUT2D eigenvalue weighted by Gasteiger charge is -2.31. The predicted octanol–water partition coefficient (Wildman–Crippen LogP) is 3.69. The Morgan fingerprint density at radius 1 is 1.14 bits per heavy atom. The first-order chi connectivity index (χ1) is 17.1. The molecule has 36 heavy (non-hydrogen) atoms. The number of aryl methyl sites for hydroxylation is 1. The highest BCUT2D eigenvalue weighted by Crippen LogP contribution is 2.34. The molecule has 1 aromatic heterocycles. The summed E-state index contributed by atoms with van der Waals surface area (Å²) in [5, 5.41) is 2.97. The molecule has 0 bridgehead atoms. The number of primary amides is 1. The fraction of sp³-hybridized carbons (Fsp3) is 0.308. The Bertz CT molecular complexity index is 1240. The van der Waals surface area contributed by atoms with Crippen LogP contribution in [0.25, 0.3) is 0 Å². The Balaban J connectivity index is 2.17. The number of aromatic nitrogens is 1. The van der Waals surface area contributed by atoms with E-state index in [9.17, 15) is 14.4 Å². The number of hydrogen-bond donors (Lipinski definition) is 3. The van der Waals surface area contributed by atoms with Crippen LogP contribution in [0.3, 0.4) is 0 Å². The summed E-state index contributed by atoms with van der Waals surface area (Å²) in [6, 6.07) is 13.2. The van der Waals surface area contributed by atoms with Crippen molar-refractivity contribution in [2.24, 2.45) is 11.7 Å². The minimum Gasteiger partial charge on any atom is -0.497 e. The van der Waals surface area contributed by atoms with E-state index >= 15 is 0 Å². The van der Waals surface area contributed by atoms with Crippen molar-refractivity contribution in [3.63, 3.8) is 0 Å². The quantitative estimate of drug-likeness (QED) is 0.381. The smallest absolute Gasteiger partial charge is 0.273 e. The number of amides is 3. The minimum absolute atomic E-state index is 0.0127. The Hall–Kier alpha value is -3.92. The number of benzene rings is 2. The van der Waals surface area contributed by atoms with Crippen molar-refractivity contribution in [3.8, 4) is 5.75 Å². The summed E-state index contributed by atoms with van der Waals surface area (Å²) in [7, 11) is 1.52. The third kappa shape index (κ3) is 6.01. The van der Waals surface area contributed by atoms with Gasteiger partial charge < -0.3 is 21.5 Å². The highest BCUT2D eigenvalue weighted by Gasteiger charge is 2.36. The first-order valence-corrected chi connectivity index (χ1v) is 12.3. The van der Waals surface area contributed by atoms with E-state index in [2.05, 4.69) is 23.5 Å². The number of nitrogen functional groups attached to an aromatic ring is 1. The van der Waals surface area contributed by atoms with E-state index in [1.807, 2.05) is 31.2 Å². The van der Waals surface area contributed by atoms with Gasteiger partial charge in [0.25, 0.3) is 11.8 Å². The van der Waals surface area contributed by atoms with Crippen LogP contribution in [-0.4, -0.2) is 35.7 Å². The van der Waals surface area contributed by atoms with Gasteiger partial charge in [0.2, 0.25) is 5.91 Å². The fourth-order valence-corrected chi connectivity index (χ4v) is 4.37. The van der Waals surface area contributed by atoms with Crippen molar-refractivity contribution in [2.45, 2.75) is 33.2 Å². The molecule has 5 N–H and O–H groups in total. The van der Waals surface area contributed by atoms with Crippen LogP contribution in [0.15, 0.2) is 48.5 Å². The Kier molecular flexibility index (Phi) is 8.65. The van der Waals surface area contributed by atoms with Crippen molar-refractivity contribution < 1.29 is 19.1 Å². The molecule has 0 spiro atoms. The number of methoxy groups -OCH3 is 1. The number of nitrogens with zero attached hydrogens (tertiary/aromatic N) is 2. The standard InChI is InChI=1S/C26H31N5O4S/c1-15(2)12-13-29-25(33)22(17-10-8-16(3)9-11-17)31(18-6-5-7-19(14-18)35-4)26(34)23-20(27)21(24(28)32)30-36-23/h5-11,14-15,22H,12-13,27H2,1-4H3,(H2,28,32)(H,29,33). The van der Waals surface area contributed by atoms with Crippen molar-refractivity contribution in [1.29, 1.82) is 0 Å². The van der Waals surface area contributed by atoms with Gasteiger partial charge in [-0.1, -0.05) is 49.7 Å². The number of nitrogens with one attached hydrogen (secondary N) is 1. The number of rotatable bonds is 10. The zero-order chi connectivity index (χ0) is 26.4. The van der Waals surface area contributed by atoms with Crippen LogP contribution in [0.1, 0.15) is 57.6 Å². The van der Waals surface area contributed by atoms with Crippen LogP contribution in [0.2, 0.25) is 0 Å². The summed E-state index contributed by atoms with van der Waals surface area (Å²) < 4.78 is 9.34. The van der Waals surface area contributed by atoms with Crippen LogP contribution in [0.4, 0.5) is 11.4 Å². The summed E-state index contributed by atoms with van der Waals surface area (Å²) in [5.41, 5.74) is 13.2. The SMILES string of the molecule is COc1cccc(N(C(=O)c2snc(C(N)=O)c2N)C(C(=O)NCCC(C)C)c2ccc(C)cc2)c1. The van der Waals surface area contributed by atoms with Crippen molar-refractivity contribution >= 4 is 40.6 Å². The van der Waals surface area contributed by atoms with E-state index in [-0.39, 0.29) is 22.2 Å². The van der Waals surface area contributed by atoms with Gasteiger partial charge in [-0.3, -0.25) is 19.3 Å². The second-order valence-electron chi connectivity index (χ2n) is 8.80. The zero-order valence-electron chi connectivity index (χ0n) is 20.8. The average Bonchev–Trinajstić information content (AvgIpc) is 3.24. The van der Waals surface area contributed by atoms with E-state index < -0.39 is 17.9 Å². The van der Waals surface area contributed by atoms with Crippen LogP contribution in [-0.2, 0) is 4.79 Å². The maximum absolute atomic E-state index is 14.0. The largest absolute Gasteiger partial charge is 0.497 e. The first kappa shape index (κ1) is 26.7. The number of anilines is 2. The molecule has 190 valence electrons. The van der Waals surface area contributed by atoms with Gasteiger partial charge >= 0.3 is 0 Å². The summed E-state index contributed by atoms with van der Waals surface area (Å²) in [4.78, 5) is 40.8. The lowest BCUT2D eigenvalue weighted by Crippen LogP contribution is -2.44. The highest BCUT2D eigenvalue weighted by atomic mass is 32.1. The Morgan fingerprint density at radius 2 is 1.83 bits per heavy atom. The molecule has 0 radical (unpaired) electrons. The van der Waals surface area contributed by atoms with Crippen LogP contribution < -0.4 is 26.4 Å². The van der Waals surface area contributed by atoms with Crippen molar-refractivity contribution in [1.82, 2.24) is 9.69 Å². The topological polar surface area (TPSA) is 141 Å². The number of nitrogens with two attached hydrogens (primary N) is 2. The van der Waals surface area contributed by atoms with Gasteiger partial charge in [0, 0.05) is 18.3 Å². The highest BCUT2D eigenvalue weighted by molar-refractivity contribution is 7.09. The number of hydrogen-bond acceptors (Lipinski definition) is 7. The molecule has 0 fully saturated rings. The maximum atomic E-state index is 14.0. The zero-order valence-corrected chi connectivity index (χ0v) is 21.6. The molecule has 9 nitrogen and oxygen atoms in total. The third-order valence-corrected chi connectivity index (χ3v) is 6.48. The monoisotopic (exact) mass is 509 g/mol. The normalized spacial score (nSPS) is 11.7. The summed E-state index contributed by atoms with van der Waals surface area (Å²) >= 11 is 0.764. The molecular weight excluding hydrogens is 478 g/mol. The van der Waals surface area contributed by atoms with Gasteiger partial charge in [0.05, 0.1) is 12.8 Å². The molecule has 0 saturated heterocycles. The van der Waals surface area contributed by atoms with Gasteiger partial charge in [0.1, 0.15) is 16.7 Å². The Labute approximate surface area is 214 Å². The maximum Gasteiger partial charge on any atom is 0.273 e. The van der Waals surface area contributed by atoms with E-state index in [1.165, 1.54) is 12.0 Å². The predicted molar refractivity (Wildman–Crippen MR) is 141 cm³/mol. The molecule has 2 aromatic carbocycles. The van der Waals surface area contributed by atoms with E-state index in [0.717, 1.165) is 23.5 Å². The second kappa shape index (κ2) is 11.7. The third-order valence-electron chi connectivity index (χ3n) is 5.63. The summed E-state index contributed by atoms with van der Waals surface area (Å²) in [6.07, 6.45) is 0.781. The fourth-order valence-electron chi connectivity index (χ4n) is 3.63. The summed E-state index contributed by atoms with van der Waals surface area (Å²) in [6.45, 7) is 6.53. The minimum atomic E-state index is -1.03. The molecule has 3 amide bonds. The van der Waals surface area contributed by atoms with E-state index in [4.69, 9.17) is 16.2 Å². The van der Waals surface area contributed by atoms with Gasteiger partial charge in [0.15, 0.2) is 5.69 Å². The first-order valence-electron chi connectivity index (χ1n) is 11.5.